The van der Waals surface area contributed by atoms with Gasteiger partial charge in [-0.2, -0.15) is 0 Å². The van der Waals surface area contributed by atoms with Crippen molar-refractivity contribution < 1.29 is 9.53 Å². The monoisotopic (exact) mass is 320 g/mol. The third-order valence-corrected chi connectivity index (χ3v) is 5.48. The van der Waals surface area contributed by atoms with Gasteiger partial charge in [0.1, 0.15) is 6.10 Å². The summed E-state index contributed by atoms with van der Waals surface area (Å²) in [5, 5.41) is 0. The fourth-order valence-corrected chi connectivity index (χ4v) is 3.37. The molecular weight excluding hydrogens is 288 g/mol. The molecule has 0 amide bonds. The van der Waals surface area contributed by atoms with Crippen molar-refractivity contribution in [3.05, 3.63) is 18.7 Å². The van der Waals surface area contributed by atoms with Crippen molar-refractivity contribution in [2.75, 3.05) is 0 Å². The fraction of sp³-hybridized carbons (Fsp3) is 0.789. The van der Waals surface area contributed by atoms with Gasteiger partial charge in [0.2, 0.25) is 0 Å². The van der Waals surface area contributed by atoms with Crippen LogP contribution in [0, 0.1) is 5.41 Å². The molecule has 0 saturated heterocycles. The Balaban J connectivity index is 1.80. The van der Waals surface area contributed by atoms with Gasteiger partial charge in [-0.25, -0.2) is 4.98 Å². The summed E-state index contributed by atoms with van der Waals surface area (Å²) in [7, 11) is 0. The first-order chi connectivity index (χ1) is 11.0. The van der Waals surface area contributed by atoms with Crippen LogP contribution < -0.4 is 0 Å². The van der Waals surface area contributed by atoms with Gasteiger partial charge < -0.3 is 9.30 Å². The molecule has 4 heteroatoms. The van der Waals surface area contributed by atoms with Crippen molar-refractivity contribution in [2.24, 2.45) is 5.41 Å². The molecule has 23 heavy (non-hydrogen) atoms. The van der Waals surface area contributed by atoms with Gasteiger partial charge in [0.25, 0.3) is 0 Å². The number of ether oxygens (including phenoxy) is 1. The number of nitrogens with zero attached hydrogens (tertiary/aromatic N) is 2. The average Bonchev–Trinajstić information content (AvgIpc) is 3.10. The van der Waals surface area contributed by atoms with E-state index in [4.69, 9.17) is 4.74 Å². The predicted octanol–water partition coefficient (Wildman–Crippen LogP) is 4.91. The van der Waals surface area contributed by atoms with Crippen LogP contribution in [-0.2, 0) is 9.53 Å². The number of hydrogen-bond donors (Lipinski definition) is 0. The fourth-order valence-electron chi connectivity index (χ4n) is 3.37. The van der Waals surface area contributed by atoms with E-state index >= 15 is 0 Å². The topological polar surface area (TPSA) is 44.1 Å². The Morgan fingerprint density at radius 3 is 2.74 bits per heavy atom. The number of aromatic nitrogens is 2. The lowest BCUT2D eigenvalue weighted by molar-refractivity contribution is -0.163. The van der Waals surface area contributed by atoms with Gasteiger partial charge in [0, 0.05) is 18.4 Å². The standard InChI is InChI=1S/C19H32N2O2/c1-4-19(3,18(22)23-17-10-6-5-7-11-17)12-8-9-16(2)21-14-13-20-15-21/h13-17H,4-12H2,1-3H3. The van der Waals surface area contributed by atoms with Crippen molar-refractivity contribution in [3.8, 4) is 0 Å². The number of hydrogen-bond acceptors (Lipinski definition) is 3. The van der Waals surface area contributed by atoms with Crippen molar-refractivity contribution >= 4 is 5.97 Å². The van der Waals surface area contributed by atoms with E-state index in [9.17, 15) is 4.79 Å². The third kappa shape index (κ3) is 5.08. The zero-order valence-electron chi connectivity index (χ0n) is 15.0. The van der Waals surface area contributed by atoms with Gasteiger partial charge in [-0.1, -0.05) is 19.8 Å². The van der Waals surface area contributed by atoms with E-state index in [-0.39, 0.29) is 17.5 Å². The molecule has 1 aromatic rings. The Morgan fingerprint density at radius 1 is 1.39 bits per heavy atom. The molecule has 2 unspecified atom stereocenters. The molecule has 1 fully saturated rings. The summed E-state index contributed by atoms with van der Waals surface area (Å²) in [6, 6.07) is 0.424. The molecule has 0 bridgehead atoms. The number of rotatable bonds is 8. The Hall–Kier alpha value is -1.32. The lowest BCUT2D eigenvalue weighted by Gasteiger charge is -2.30. The van der Waals surface area contributed by atoms with Crippen LogP contribution in [0.25, 0.3) is 0 Å². The molecule has 1 heterocycles. The minimum atomic E-state index is -0.341. The van der Waals surface area contributed by atoms with Gasteiger partial charge in [0.15, 0.2) is 0 Å². The zero-order valence-corrected chi connectivity index (χ0v) is 15.0. The summed E-state index contributed by atoms with van der Waals surface area (Å²) >= 11 is 0. The van der Waals surface area contributed by atoms with E-state index in [1.165, 1.54) is 19.3 Å². The highest BCUT2D eigenvalue weighted by Crippen LogP contribution is 2.33. The minimum absolute atomic E-state index is 0.0159. The Morgan fingerprint density at radius 2 is 2.13 bits per heavy atom. The van der Waals surface area contributed by atoms with E-state index in [1.54, 1.807) is 0 Å². The zero-order chi connectivity index (χ0) is 16.7. The molecular formula is C19H32N2O2. The molecule has 2 rings (SSSR count). The molecule has 2 atom stereocenters. The van der Waals surface area contributed by atoms with Crippen LogP contribution in [0.15, 0.2) is 18.7 Å². The van der Waals surface area contributed by atoms with Crippen LogP contribution in [0.5, 0.6) is 0 Å². The third-order valence-electron chi connectivity index (χ3n) is 5.48. The van der Waals surface area contributed by atoms with Crippen LogP contribution in [0.1, 0.15) is 84.6 Å². The van der Waals surface area contributed by atoms with Gasteiger partial charge in [0.05, 0.1) is 11.7 Å². The van der Waals surface area contributed by atoms with E-state index < -0.39 is 0 Å². The summed E-state index contributed by atoms with van der Waals surface area (Å²) in [5.74, 6) is 0.0159. The normalized spacial score (nSPS) is 20.0. The molecule has 1 aliphatic rings. The Labute approximate surface area is 140 Å². The maximum Gasteiger partial charge on any atom is 0.312 e. The van der Waals surface area contributed by atoms with Gasteiger partial charge in [-0.15, -0.1) is 0 Å². The summed E-state index contributed by atoms with van der Waals surface area (Å²) in [6.07, 6.45) is 15.4. The van der Waals surface area contributed by atoms with Gasteiger partial charge >= 0.3 is 5.97 Å². The van der Waals surface area contributed by atoms with Crippen molar-refractivity contribution in [3.63, 3.8) is 0 Å². The van der Waals surface area contributed by atoms with Gasteiger partial charge in [-0.3, -0.25) is 4.79 Å². The first-order valence-corrected chi connectivity index (χ1v) is 9.23. The van der Waals surface area contributed by atoms with E-state index in [0.29, 0.717) is 6.04 Å². The average molecular weight is 320 g/mol. The molecule has 0 spiro atoms. The predicted molar refractivity (Wildman–Crippen MR) is 92.2 cm³/mol. The highest BCUT2D eigenvalue weighted by Gasteiger charge is 2.34. The van der Waals surface area contributed by atoms with Crippen LogP contribution in [0.3, 0.4) is 0 Å². The number of esters is 1. The smallest absolute Gasteiger partial charge is 0.312 e. The Kier molecular flexibility index (Phi) is 6.67. The molecule has 1 saturated carbocycles. The first-order valence-electron chi connectivity index (χ1n) is 9.23. The van der Waals surface area contributed by atoms with Crippen LogP contribution in [-0.4, -0.2) is 21.6 Å². The van der Waals surface area contributed by atoms with Crippen LogP contribution in [0.4, 0.5) is 0 Å². The van der Waals surface area contributed by atoms with Crippen molar-refractivity contribution in [2.45, 2.75) is 90.7 Å². The van der Waals surface area contributed by atoms with Crippen molar-refractivity contribution in [1.82, 2.24) is 9.55 Å². The van der Waals surface area contributed by atoms with Crippen LogP contribution >= 0.6 is 0 Å². The summed E-state index contributed by atoms with van der Waals surface area (Å²) < 4.78 is 7.95. The maximum atomic E-state index is 12.6. The molecule has 0 aromatic carbocycles. The summed E-state index contributed by atoms with van der Waals surface area (Å²) in [6.45, 7) is 6.37. The number of imidazole rings is 1. The summed E-state index contributed by atoms with van der Waals surface area (Å²) in [4.78, 5) is 16.7. The highest BCUT2D eigenvalue weighted by molar-refractivity contribution is 5.76. The number of carbonyl (C=O) groups is 1. The SMILES string of the molecule is CCC(C)(CCCC(C)n1ccnc1)C(=O)OC1CCCCC1. The van der Waals surface area contributed by atoms with Crippen molar-refractivity contribution in [1.29, 1.82) is 0 Å². The Bertz CT molecular complexity index is 466. The van der Waals surface area contributed by atoms with E-state index in [2.05, 4.69) is 30.3 Å². The highest BCUT2D eigenvalue weighted by atomic mass is 16.5. The maximum absolute atomic E-state index is 12.6. The second-order valence-electron chi connectivity index (χ2n) is 7.33. The first kappa shape index (κ1) is 18.0. The van der Waals surface area contributed by atoms with Crippen LogP contribution in [0.2, 0.25) is 0 Å². The second kappa shape index (κ2) is 8.51. The van der Waals surface area contributed by atoms with E-state index in [0.717, 1.165) is 38.5 Å². The molecule has 4 nitrogen and oxygen atoms in total. The largest absolute Gasteiger partial charge is 0.462 e. The molecule has 0 aliphatic heterocycles. The van der Waals surface area contributed by atoms with Gasteiger partial charge in [-0.05, 0) is 58.8 Å². The summed E-state index contributed by atoms with van der Waals surface area (Å²) in [5.41, 5.74) is -0.341. The molecule has 1 aliphatic carbocycles. The lowest BCUT2D eigenvalue weighted by atomic mass is 9.81. The molecule has 1 aromatic heterocycles. The number of carbonyl (C=O) groups excluding carboxylic acids is 1. The van der Waals surface area contributed by atoms with E-state index in [1.807, 2.05) is 18.7 Å². The minimum Gasteiger partial charge on any atom is -0.462 e. The quantitative estimate of drug-likeness (QED) is 0.639. The molecule has 130 valence electrons. The molecule has 0 radical (unpaired) electrons. The lowest BCUT2D eigenvalue weighted by Crippen LogP contribution is -2.33. The second-order valence-corrected chi connectivity index (χ2v) is 7.33. The molecule has 0 N–H and O–H groups in total.